The molecule has 0 saturated carbocycles. The average Bonchev–Trinajstić information content (AvgIpc) is 2.88. The summed E-state index contributed by atoms with van der Waals surface area (Å²) in [7, 11) is 0. The van der Waals surface area contributed by atoms with Gasteiger partial charge < -0.3 is 4.74 Å². The summed E-state index contributed by atoms with van der Waals surface area (Å²) in [5.74, 6) is 0.401. The van der Waals surface area contributed by atoms with E-state index in [9.17, 15) is 9.65 Å². The standard InChI is InChI=1S/C28H18FN3O/c29-22-10-5-21(6-11-22)28-26(16-13-23(17-30)32-28)19-8-14-25(15-9-19)33-18-24-12-7-20-3-1-2-4-27(20)31-24/h1-16H,18H2. The Balaban J connectivity index is 1.39. The smallest absolute Gasteiger partial charge is 0.141 e. The second kappa shape index (κ2) is 8.89. The maximum absolute atomic E-state index is 13.4. The Morgan fingerprint density at radius 1 is 0.758 bits per heavy atom. The molecule has 0 aliphatic carbocycles. The van der Waals surface area contributed by atoms with Gasteiger partial charge in [0.05, 0.1) is 16.9 Å². The Hall–Kier alpha value is -4.56. The molecule has 0 N–H and O–H groups in total. The van der Waals surface area contributed by atoms with Crippen molar-refractivity contribution in [2.45, 2.75) is 6.61 Å². The quantitative estimate of drug-likeness (QED) is 0.316. The van der Waals surface area contributed by atoms with E-state index in [4.69, 9.17) is 4.74 Å². The van der Waals surface area contributed by atoms with Crippen molar-refractivity contribution in [3.8, 4) is 34.2 Å². The van der Waals surface area contributed by atoms with E-state index in [0.717, 1.165) is 39.0 Å². The number of ether oxygens (including phenoxy) is 1. The number of rotatable bonds is 5. The molecule has 0 aliphatic heterocycles. The number of halogens is 1. The first-order valence-corrected chi connectivity index (χ1v) is 10.4. The minimum Gasteiger partial charge on any atom is -0.487 e. The summed E-state index contributed by atoms with van der Waals surface area (Å²) in [6, 6.07) is 31.4. The predicted molar refractivity (Wildman–Crippen MR) is 126 cm³/mol. The highest BCUT2D eigenvalue weighted by molar-refractivity contribution is 5.81. The summed E-state index contributed by atoms with van der Waals surface area (Å²) in [6.07, 6.45) is 0. The van der Waals surface area contributed by atoms with Crippen LogP contribution in [0.5, 0.6) is 5.75 Å². The normalized spacial score (nSPS) is 10.7. The van der Waals surface area contributed by atoms with Crippen molar-refractivity contribution in [3.63, 3.8) is 0 Å². The zero-order chi connectivity index (χ0) is 22.6. The van der Waals surface area contributed by atoms with Crippen molar-refractivity contribution in [2.75, 3.05) is 0 Å². The maximum Gasteiger partial charge on any atom is 0.141 e. The number of fused-ring (bicyclic) bond motifs is 1. The minimum atomic E-state index is -0.320. The van der Waals surface area contributed by atoms with Gasteiger partial charge in [0, 0.05) is 16.5 Å². The van der Waals surface area contributed by atoms with Gasteiger partial charge in [-0.25, -0.2) is 14.4 Å². The molecule has 0 aliphatic rings. The Labute approximate surface area is 190 Å². The molecule has 4 nitrogen and oxygen atoms in total. The lowest BCUT2D eigenvalue weighted by molar-refractivity contribution is 0.302. The zero-order valence-electron chi connectivity index (χ0n) is 17.6. The van der Waals surface area contributed by atoms with Gasteiger partial charge >= 0.3 is 0 Å². The van der Waals surface area contributed by atoms with Crippen molar-refractivity contribution < 1.29 is 9.13 Å². The second-order valence-corrected chi connectivity index (χ2v) is 7.52. The lowest BCUT2D eigenvalue weighted by atomic mass is 9.99. The fraction of sp³-hybridized carbons (Fsp3) is 0.0357. The number of hydrogen-bond acceptors (Lipinski definition) is 4. The molecule has 0 saturated heterocycles. The van der Waals surface area contributed by atoms with Crippen LogP contribution in [0.1, 0.15) is 11.4 Å². The van der Waals surface area contributed by atoms with Crippen LogP contribution in [-0.2, 0) is 6.61 Å². The van der Waals surface area contributed by atoms with Crippen LogP contribution in [0.2, 0.25) is 0 Å². The van der Waals surface area contributed by atoms with Crippen LogP contribution in [0.4, 0.5) is 4.39 Å². The van der Waals surface area contributed by atoms with Gasteiger partial charge in [-0.1, -0.05) is 36.4 Å². The largest absolute Gasteiger partial charge is 0.487 e. The summed E-state index contributed by atoms with van der Waals surface area (Å²) in [6.45, 7) is 0.365. The SMILES string of the molecule is N#Cc1ccc(-c2ccc(OCc3ccc4ccccc4n3)cc2)c(-c2ccc(F)cc2)n1. The van der Waals surface area contributed by atoms with E-state index in [1.807, 2.05) is 66.7 Å². The fourth-order valence-electron chi connectivity index (χ4n) is 3.66. The summed E-state index contributed by atoms with van der Waals surface area (Å²) in [4.78, 5) is 9.10. The summed E-state index contributed by atoms with van der Waals surface area (Å²) < 4.78 is 19.3. The first-order chi connectivity index (χ1) is 16.2. The molecule has 158 valence electrons. The molecule has 33 heavy (non-hydrogen) atoms. The third-order valence-corrected chi connectivity index (χ3v) is 5.34. The first-order valence-electron chi connectivity index (χ1n) is 10.4. The molecule has 2 aromatic heterocycles. The van der Waals surface area contributed by atoms with Crippen LogP contribution in [-0.4, -0.2) is 9.97 Å². The molecule has 0 fully saturated rings. The van der Waals surface area contributed by atoms with Gasteiger partial charge in [-0.15, -0.1) is 0 Å². The molecular weight excluding hydrogens is 413 g/mol. The van der Waals surface area contributed by atoms with E-state index < -0.39 is 0 Å². The number of aromatic nitrogens is 2. The van der Waals surface area contributed by atoms with Crippen molar-refractivity contribution in [2.24, 2.45) is 0 Å². The number of nitrogens with zero attached hydrogens (tertiary/aromatic N) is 3. The monoisotopic (exact) mass is 431 g/mol. The minimum absolute atomic E-state index is 0.306. The van der Waals surface area contributed by atoms with Crippen molar-refractivity contribution in [1.29, 1.82) is 5.26 Å². The van der Waals surface area contributed by atoms with Gasteiger partial charge in [-0.05, 0) is 66.2 Å². The van der Waals surface area contributed by atoms with E-state index in [1.54, 1.807) is 18.2 Å². The van der Waals surface area contributed by atoms with Crippen LogP contribution >= 0.6 is 0 Å². The lowest BCUT2D eigenvalue weighted by Gasteiger charge is -2.11. The van der Waals surface area contributed by atoms with E-state index in [-0.39, 0.29) is 5.82 Å². The van der Waals surface area contributed by atoms with Crippen LogP contribution in [0, 0.1) is 17.1 Å². The van der Waals surface area contributed by atoms with Crippen LogP contribution in [0.15, 0.2) is 97.1 Å². The number of hydrogen-bond donors (Lipinski definition) is 0. The molecule has 0 amide bonds. The molecular formula is C28H18FN3O. The van der Waals surface area contributed by atoms with E-state index >= 15 is 0 Å². The molecule has 0 atom stereocenters. The Kier molecular flexibility index (Phi) is 5.48. The van der Waals surface area contributed by atoms with Gasteiger partial charge in [-0.3, -0.25) is 0 Å². The number of benzene rings is 3. The third-order valence-electron chi connectivity index (χ3n) is 5.34. The number of pyridine rings is 2. The third kappa shape index (κ3) is 4.41. The van der Waals surface area contributed by atoms with Crippen molar-refractivity contribution in [3.05, 3.63) is 114 Å². The Morgan fingerprint density at radius 2 is 1.52 bits per heavy atom. The topological polar surface area (TPSA) is 58.8 Å². The van der Waals surface area contributed by atoms with Gasteiger partial charge in [0.15, 0.2) is 0 Å². The molecule has 0 spiro atoms. The second-order valence-electron chi connectivity index (χ2n) is 7.52. The number of nitriles is 1. The average molecular weight is 431 g/mol. The van der Waals surface area contributed by atoms with Crippen LogP contribution in [0.25, 0.3) is 33.3 Å². The molecule has 0 radical (unpaired) electrons. The molecule has 5 rings (SSSR count). The van der Waals surface area contributed by atoms with Crippen LogP contribution in [0.3, 0.4) is 0 Å². The molecule has 5 aromatic rings. The highest BCUT2D eigenvalue weighted by atomic mass is 19.1. The Morgan fingerprint density at radius 3 is 2.30 bits per heavy atom. The molecule has 3 aromatic carbocycles. The summed E-state index contributed by atoms with van der Waals surface area (Å²) >= 11 is 0. The molecule has 5 heteroatoms. The highest BCUT2D eigenvalue weighted by Gasteiger charge is 2.11. The first kappa shape index (κ1) is 20.3. The predicted octanol–water partition coefficient (Wildman–Crippen LogP) is 6.55. The van der Waals surface area contributed by atoms with E-state index in [2.05, 4.69) is 16.0 Å². The van der Waals surface area contributed by atoms with Gasteiger partial charge in [-0.2, -0.15) is 5.26 Å². The van der Waals surface area contributed by atoms with Crippen molar-refractivity contribution >= 4 is 10.9 Å². The summed E-state index contributed by atoms with van der Waals surface area (Å²) in [5.41, 5.74) is 5.24. The number of para-hydroxylation sites is 1. The van der Waals surface area contributed by atoms with Gasteiger partial charge in [0.1, 0.15) is 29.9 Å². The molecule has 0 bridgehead atoms. The van der Waals surface area contributed by atoms with E-state index in [1.165, 1.54) is 12.1 Å². The van der Waals surface area contributed by atoms with Crippen molar-refractivity contribution in [1.82, 2.24) is 9.97 Å². The lowest BCUT2D eigenvalue weighted by Crippen LogP contribution is -1.98. The maximum atomic E-state index is 13.4. The van der Waals surface area contributed by atoms with Crippen LogP contribution < -0.4 is 4.74 Å². The molecule has 0 unspecified atom stereocenters. The highest BCUT2D eigenvalue weighted by Crippen LogP contribution is 2.32. The van der Waals surface area contributed by atoms with E-state index in [0.29, 0.717) is 18.0 Å². The van der Waals surface area contributed by atoms with Gasteiger partial charge in [0.2, 0.25) is 0 Å². The Bertz CT molecular complexity index is 1470. The molecule has 2 heterocycles. The zero-order valence-corrected chi connectivity index (χ0v) is 17.6. The fourth-order valence-corrected chi connectivity index (χ4v) is 3.66. The van der Waals surface area contributed by atoms with Gasteiger partial charge in [0.25, 0.3) is 0 Å². The summed E-state index contributed by atoms with van der Waals surface area (Å²) in [5, 5.41) is 10.4.